The standard InChI is InChI=1S/C24H20F2N6O3/c1-2-19(33)28-15-5-3-4-14(12-15)23-22-17(31-35-23)13-27-24(30-22)29-16-6-7-18(21(26)20(16)25)32-8-10-34-11-9-32/h2-7,12-13H,1,8-11H2,(H,28,33)(H,29,30). The van der Waals surface area contributed by atoms with E-state index >= 15 is 0 Å². The Hall–Kier alpha value is -4.38. The van der Waals surface area contributed by atoms with E-state index in [1.54, 1.807) is 29.2 Å². The van der Waals surface area contributed by atoms with Gasteiger partial charge < -0.3 is 24.8 Å². The number of aromatic nitrogens is 3. The molecule has 11 heteroatoms. The second kappa shape index (κ2) is 9.47. The van der Waals surface area contributed by atoms with Crippen molar-refractivity contribution in [3.8, 4) is 11.3 Å². The first kappa shape index (κ1) is 22.4. The number of nitrogens with one attached hydrogen (secondary N) is 2. The van der Waals surface area contributed by atoms with Crippen LogP contribution in [-0.2, 0) is 9.53 Å². The van der Waals surface area contributed by atoms with Crippen LogP contribution in [0.15, 0.2) is 59.8 Å². The lowest BCUT2D eigenvalue weighted by Crippen LogP contribution is -2.36. The van der Waals surface area contributed by atoms with Gasteiger partial charge in [-0.25, -0.2) is 18.7 Å². The zero-order chi connectivity index (χ0) is 24.4. The molecule has 178 valence electrons. The van der Waals surface area contributed by atoms with Gasteiger partial charge in [-0.15, -0.1) is 0 Å². The minimum Gasteiger partial charge on any atom is -0.378 e. The molecule has 2 aromatic heterocycles. The number of hydrogen-bond donors (Lipinski definition) is 2. The lowest BCUT2D eigenvalue weighted by atomic mass is 10.1. The van der Waals surface area contributed by atoms with Crippen molar-refractivity contribution < 1.29 is 22.8 Å². The van der Waals surface area contributed by atoms with Gasteiger partial charge in [-0.05, 0) is 30.3 Å². The largest absolute Gasteiger partial charge is 0.378 e. The Balaban J connectivity index is 1.44. The smallest absolute Gasteiger partial charge is 0.247 e. The van der Waals surface area contributed by atoms with Crippen LogP contribution in [0.3, 0.4) is 0 Å². The van der Waals surface area contributed by atoms with Crippen LogP contribution in [0.25, 0.3) is 22.4 Å². The van der Waals surface area contributed by atoms with Crippen molar-refractivity contribution in [3.63, 3.8) is 0 Å². The SMILES string of the molecule is C=CC(=O)Nc1cccc(-c2onc3cnc(Nc4ccc(N5CCOCC5)c(F)c4F)nc23)c1. The number of halogens is 2. The van der Waals surface area contributed by atoms with Crippen LogP contribution in [0, 0.1) is 11.6 Å². The Bertz CT molecular complexity index is 1420. The van der Waals surface area contributed by atoms with E-state index in [9.17, 15) is 13.6 Å². The second-order valence-electron chi connectivity index (χ2n) is 7.70. The maximum Gasteiger partial charge on any atom is 0.247 e. The average molecular weight is 478 g/mol. The van der Waals surface area contributed by atoms with Gasteiger partial charge in [-0.2, -0.15) is 0 Å². The molecule has 4 aromatic rings. The highest BCUT2D eigenvalue weighted by atomic mass is 19.2. The van der Waals surface area contributed by atoms with Crippen molar-refractivity contribution in [2.24, 2.45) is 0 Å². The lowest BCUT2D eigenvalue weighted by Gasteiger charge is -2.29. The predicted octanol–water partition coefficient (Wildman–Crippen LogP) is 4.27. The summed E-state index contributed by atoms with van der Waals surface area (Å²) in [5.74, 6) is -1.98. The summed E-state index contributed by atoms with van der Waals surface area (Å²) < 4.78 is 40.4. The highest BCUT2D eigenvalue weighted by molar-refractivity contribution is 5.99. The predicted molar refractivity (Wildman–Crippen MR) is 127 cm³/mol. The molecule has 5 rings (SSSR count). The first-order valence-corrected chi connectivity index (χ1v) is 10.8. The molecule has 1 aliphatic heterocycles. The molecular formula is C24H20F2N6O3. The molecule has 0 aliphatic carbocycles. The summed E-state index contributed by atoms with van der Waals surface area (Å²) in [6.07, 6.45) is 2.58. The van der Waals surface area contributed by atoms with E-state index in [0.29, 0.717) is 54.3 Å². The molecule has 0 saturated carbocycles. The second-order valence-corrected chi connectivity index (χ2v) is 7.70. The fourth-order valence-corrected chi connectivity index (χ4v) is 3.73. The van der Waals surface area contributed by atoms with Gasteiger partial charge in [-0.3, -0.25) is 4.79 Å². The number of ether oxygens (including phenoxy) is 1. The van der Waals surface area contributed by atoms with Gasteiger partial charge in [-0.1, -0.05) is 23.9 Å². The monoisotopic (exact) mass is 478 g/mol. The van der Waals surface area contributed by atoms with E-state index in [4.69, 9.17) is 9.26 Å². The Kier molecular flexibility index (Phi) is 6.06. The zero-order valence-electron chi connectivity index (χ0n) is 18.4. The van der Waals surface area contributed by atoms with Gasteiger partial charge >= 0.3 is 0 Å². The van der Waals surface area contributed by atoms with Gasteiger partial charge in [0.2, 0.25) is 11.9 Å². The Morgan fingerprint density at radius 3 is 2.77 bits per heavy atom. The fraction of sp³-hybridized carbons (Fsp3) is 0.167. The van der Waals surface area contributed by atoms with E-state index in [0.717, 1.165) is 6.08 Å². The summed E-state index contributed by atoms with van der Waals surface area (Å²) >= 11 is 0. The summed E-state index contributed by atoms with van der Waals surface area (Å²) in [6.45, 7) is 5.32. The third-order valence-corrected chi connectivity index (χ3v) is 5.46. The molecule has 2 aromatic carbocycles. The van der Waals surface area contributed by atoms with Crippen LogP contribution in [0.1, 0.15) is 0 Å². The number of nitrogens with zero attached hydrogens (tertiary/aromatic N) is 4. The molecule has 0 unspecified atom stereocenters. The first-order chi connectivity index (χ1) is 17.0. The van der Waals surface area contributed by atoms with Gasteiger partial charge in [0.1, 0.15) is 5.52 Å². The lowest BCUT2D eigenvalue weighted by molar-refractivity contribution is -0.111. The number of hydrogen-bond acceptors (Lipinski definition) is 8. The number of fused-ring (bicyclic) bond motifs is 1. The number of morpholine rings is 1. The molecule has 1 fully saturated rings. The average Bonchev–Trinajstić information content (AvgIpc) is 3.31. The molecule has 35 heavy (non-hydrogen) atoms. The number of carbonyl (C=O) groups excluding carboxylic acids is 1. The zero-order valence-corrected chi connectivity index (χ0v) is 18.4. The van der Waals surface area contributed by atoms with Crippen molar-refractivity contribution in [3.05, 3.63) is 66.9 Å². The molecular weight excluding hydrogens is 458 g/mol. The molecule has 0 radical (unpaired) electrons. The van der Waals surface area contributed by atoms with Crippen molar-refractivity contribution >= 4 is 40.0 Å². The number of amides is 1. The molecule has 1 aliphatic rings. The minimum absolute atomic E-state index is 0.0375. The van der Waals surface area contributed by atoms with E-state index in [2.05, 4.69) is 32.3 Å². The Morgan fingerprint density at radius 2 is 1.97 bits per heavy atom. The number of rotatable bonds is 6. The fourth-order valence-electron chi connectivity index (χ4n) is 3.73. The van der Waals surface area contributed by atoms with Crippen LogP contribution in [-0.4, -0.2) is 47.3 Å². The van der Waals surface area contributed by atoms with Crippen LogP contribution >= 0.6 is 0 Å². The van der Waals surface area contributed by atoms with Crippen LogP contribution < -0.4 is 15.5 Å². The number of benzene rings is 2. The van der Waals surface area contributed by atoms with Gasteiger partial charge in [0.05, 0.1) is 30.8 Å². The Morgan fingerprint density at radius 1 is 1.14 bits per heavy atom. The number of anilines is 4. The van der Waals surface area contributed by atoms with Gasteiger partial charge in [0.25, 0.3) is 0 Å². The van der Waals surface area contributed by atoms with Crippen LogP contribution in [0.4, 0.5) is 31.8 Å². The quantitative estimate of drug-likeness (QED) is 0.396. The van der Waals surface area contributed by atoms with Crippen LogP contribution in [0.5, 0.6) is 0 Å². The summed E-state index contributed by atoms with van der Waals surface area (Å²) in [4.78, 5) is 21.9. The summed E-state index contributed by atoms with van der Waals surface area (Å²) in [6, 6.07) is 9.85. The maximum absolute atomic E-state index is 14.9. The molecule has 2 N–H and O–H groups in total. The first-order valence-electron chi connectivity index (χ1n) is 10.8. The van der Waals surface area contributed by atoms with E-state index in [-0.39, 0.29) is 23.2 Å². The third kappa shape index (κ3) is 4.53. The molecule has 0 spiro atoms. The van der Waals surface area contributed by atoms with Crippen LogP contribution in [0.2, 0.25) is 0 Å². The highest BCUT2D eigenvalue weighted by Crippen LogP contribution is 2.31. The van der Waals surface area contributed by atoms with E-state index in [1.165, 1.54) is 18.3 Å². The summed E-state index contributed by atoms with van der Waals surface area (Å²) in [5.41, 5.74) is 1.94. The van der Waals surface area contributed by atoms with Gasteiger partial charge in [0.15, 0.2) is 22.9 Å². The molecule has 0 bridgehead atoms. The van der Waals surface area contributed by atoms with Crippen molar-refractivity contribution in [2.45, 2.75) is 0 Å². The summed E-state index contributed by atoms with van der Waals surface area (Å²) in [7, 11) is 0. The van der Waals surface area contributed by atoms with Crippen molar-refractivity contribution in [2.75, 3.05) is 41.8 Å². The van der Waals surface area contributed by atoms with Crippen molar-refractivity contribution in [1.29, 1.82) is 0 Å². The molecule has 0 atom stereocenters. The Labute approximate surface area is 198 Å². The maximum atomic E-state index is 14.9. The highest BCUT2D eigenvalue weighted by Gasteiger charge is 2.21. The molecule has 9 nitrogen and oxygen atoms in total. The molecule has 1 saturated heterocycles. The van der Waals surface area contributed by atoms with E-state index in [1.807, 2.05) is 0 Å². The van der Waals surface area contributed by atoms with E-state index < -0.39 is 11.6 Å². The number of carbonyl (C=O) groups is 1. The summed E-state index contributed by atoms with van der Waals surface area (Å²) in [5, 5.41) is 9.37. The van der Waals surface area contributed by atoms with Crippen molar-refractivity contribution in [1.82, 2.24) is 15.1 Å². The third-order valence-electron chi connectivity index (χ3n) is 5.46. The van der Waals surface area contributed by atoms with Gasteiger partial charge in [0, 0.05) is 24.3 Å². The molecule has 1 amide bonds. The minimum atomic E-state index is -1.03. The molecule has 3 heterocycles. The normalized spacial score (nSPS) is 13.6. The topological polar surface area (TPSA) is 105 Å².